The van der Waals surface area contributed by atoms with Crippen molar-refractivity contribution in [2.45, 2.75) is 89.8 Å². The first-order chi connectivity index (χ1) is 13.6. The Morgan fingerprint density at radius 1 is 0.879 bits per heavy atom. The van der Waals surface area contributed by atoms with Crippen LogP contribution in [0.5, 0.6) is 5.75 Å². The quantitative estimate of drug-likeness (QED) is 0.380. The Bertz CT molecular complexity index is 925. The summed E-state index contributed by atoms with van der Waals surface area (Å²) in [4.78, 5) is 0. The van der Waals surface area contributed by atoms with E-state index < -0.39 is 22.2 Å². The molecular weight excluding hydrogens is 563 g/mol. The van der Waals surface area contributed by atoms with Crippen molar-refractivity contribution in [3.63, 3.8) is 0 Å². The fourth-order valence-corrected chi connectivity index (χ4v) is 5.88. The third-order valence-corrected chi connectivity index (χ3v) is 16.2. The summed E-state index contributed by atoms with van der Waals surface area (Å²) >= 11 is 0. The van der Waals surface area contributed by atoms with E-state index in [9.17, 15) is 0 Å². The van der Waals surface area contributed by atoms with Gasteiger partial charge in [0.2, 0.25) is 8.32 Å². The van der Waals surface area contributed by atoms with Crippen molar-refractivity contribution in [2.24, 2.45) is 0 Å². The van der Waals surface area contributed by atoms with Gasteiger partial charge in [0.1, 0.15) is 5.75 Å². The average molecular weight is 602 g/mol. The second-order valence-corrected chi connectivity index (χ2v) is 21.2. The minimum absolute atomic E-state index is 0. The van der Waals surface area contributed by atoms with Crippen LogP contribution in [0, 0.1) is 6.08 Å². The van der Waals surface area contributed by atoms with Gasteiger partial charge in [0, 0.05) is 5.56 Å². The molecule has 2 nitrogen and oxygen atoms in total. The van der Waals surface area contributed by atoms with Gasteiger partial charge in [-0.25, -0.2) is 6.08 Å². The second kappa shape index (κ2) is 11.0. The number of halogens is 2. The zero-order chi connectivity index (χ0) is 22.6. The number of allylic oxidation sites excluding steroid dienone is 2. The third-order valence-electron chi connectivity index (χ3n) is 7.42. The molecule has 0 fully saturated rings. The third kappa shape index (κ3) is 6.27. The first kappa shape index (κ1) is 33.1. The van der Waals surface area contributed by atoms with Crippen LogP contribution in [0.4, 0.5) is 0 Å². The standard InChI is InChI=1S/C26H39O2Si2.2ClH.Zr/c1-24(2,3)29(7,8)27-22-17-13-14-20-18-19-26(23(20)22,21-15-11-12-16-21)28-30(9,10)25(4,5)6;;;/h11,13-15,17-19H,12H2,1-10H3;2*1H;/q-1;;;+3/p-2. The molecule has 0 heterocycles. The molecule has 33 heavy (non-hydrogen) atoms. The van der Waals surface area contributed by atoms with E-state index in [4.69, 9.17) is 8.85 Å². The summed E-state index contributed by atoms with van der Waals surface area (Å²) in [5.74, 6) is 0.970. The van der Waals surface area contributed by atoms with E-state index in [1.165, 1.54) is 5.56 Å². The molecule has 0 saturated carbocycles. The van der Waals surface area contributed by atoms with Crippen LogP contribution in [0.25, 0.3) is 6.08 Å². The van der Waals surface area contributed by atoms with E-state index >= 15 is 0 Å². The molecule has 0 N–H and O–H groups in total. The fourth-order valence-electron chi connectivity index (χ4n) is 3.47. The fraction of sp³-hybridized carbons (Fsp3) is 0.538. The Hall–Kier alpha value is 0.0969. The first-order valence-electron chi connectivity index (χ1n) is 11.1. The van der Waals surface area contributed by atoms with Crippen molar-refractivity contribution in [3.05, 3.63) is 59.2 Å². The van der Waals surface area contributed by atoms with Crippen molar-refractivity contribution in [3.8, 4) is 5.75 Å². The molecule has 0 amide bonds. The maximum atomic E-state index is 7.24. The van der Waals surface area contributed by atoms with Crippen LogP contribution < -0.4 is 29.2 Å². The summed E-state index contributed by atoms with van der Waals surface area (Å²) < 4.78 is 14.1. The van der Waals surface area contributed by atoms with Crippen LogP contribution >= 0.6 is 0 Å². The predicted molar refractivity (Wildman–Crippen MR) is 134 cm³/mol. The molecule has 2 aliphatic rings. The largest absolute Gasteiger partial charge is 3.00 e. The van der Waals surface area contributed by atoms with Crippen LogP contribution in [0.3, 0.4) is 0 Å². The molecule has 1 radical (unpaired) electrons. The first-order valence-corrected chi connectivity index (χ1v) is 16.9. The smallest absolute Gasteiger partial charge is 1.00 e. The van der Waals surface area contributed by atoms with Crippen molar-refractivity contribution in [2.75, 3.05) is 0 Å². The SMILES string of the molecule is CC(C)(C)[Si](C)(C)Oc1cccc2c1C(O[Si](C)(C)C(C)(C)C)(C1=[C-]CC=C1)C=C2.[Cl-].[Cl-].[Zr+3]. The van der Waals surface area contributed by atoms with E-state index in [2.05, 4.69) is 116 Å². The van der Waals surface area contributed by atoms with E-state index in [-0.39, 0.29) is 61.1 Å². The molecule has 3 rings (SSSR count). The number of hydrogen-bond acceptors (Lipinski definition) is 2. The summed E-state index contributed by atoms with van der Waals surface area (Å²) in [6.07, 6.45) is 13.2. The molecule has 0 saturated heterocycles. The van der Waals surface area contributed by atoms with E-state index in [0.29, 0.717) is 0 Å². The summed E-state index contributed by atoms with van der Waals surface area (Å²) in [5, 5.41) is 0.234. The number of hydrogen-bond donors (Lipinski definition) is 0. The molecule has 0 aromatic heterocycles. The monoisotopic (exact) mass is 599 g/mol. The minimum Gasteiger partial charge on any atom is -1.00 e. The summed E-state index contributed by atoms with van der Waals surface area (Å²) in [6.45, 7) is 23.0. The summed E-state index contributed by atoms with van der Waals surface area (Å²) in [5.41, 5.74) is 2.85. The summed E-state index contributed by atoms with van der Waals surface area (Å²) in [7, 11) is -4.09. The van der Waals surface area contributed by atoms with Crippen molar-refractivity contribution in [1.82, 2.24) is 0 Å². The van der Waals surface area contributed by atoms with Crippen LogP contribution in [-0.2, 0) is 36.2 Å². The van der Waals surface area contributed by atoms with Gasteiger partial charge in [-0.2, -0.15) is 11.6 Å². The van der Waals surface area contributed by atoms with Gasteiger partial charge in [0.15, 0.2) is 8.32 Å². The molecule has 0 bridgehead atoms. The summed E-state index contributed by atoms with van der Waals surface area (Å²) in [6, 6.07) is 6.42. The average Bonchev–Trinajstić information content (AvgIpc) is 3.22. The zero-order valence-corrected chi connectivity index (χ0v) is 27.8. The second-order valence-electron chi connectivity index (χ2n) is 11.7. The Morgan fingerprint density at radius 3 is 1.94 bits per heavy atom. The molecule has 1 unspecified atom stereocenters. The molecule has 1 aromatic carbocycles. The van der Waals surface area contributed by atoms with Gasteiger partial charge in [0.05, 0.1) is 5.60 Å². The number of rotatable bonds is 5. The minimum atomic E-state index is -2.09. The topological polar surface area (TPSA) is 18.5 Å². The normalized spacial score (nSPS) is 19.8. The van der Waals surface area contributed by atoms with E-state index in [1.807, 2.05) is 0 Å². The molecule has 1 atom stereocenters. The molecular formula is C26H39Cl2O2Si2Zr. The molecule has 0 aliphatic heterocycles. The Balaban J connectivity index is 0.00000341. The van der Waals surface area contributed by atoms with Gasteiger partial charge < -0.3 is 33.7 Å². The van der Waals surface area contributed by atoms with Crippen LogP contribution in [0.1, 0.15) is 59.1 Å². The van der Waals surface area contributed by atoms with Gasteiger partial charge >= 0.3 is 26.2 Å². The Kier molecular flexibility index (Phi) is 11.0. The maximum absolute atomic E-state index is 7.24. The Labute approximate surface area is 235 Å². The van der Waals surface area contributed by atoms with Crippen molar-refractivity contribution < 1.29 is 59.9 Å². The van der Waals surface area contributed by atoms with Crippen LogP contribution in [0.15, 0.2) is 42.0 Å². The number of fused-ring (bicyclic) bond motifs is 1. The number of benzene rings is 1. The molecule has 1 aromatic rings. The molecule has 181 valence electrons. The molecule has 7 heteroatoms. The van der Waals surface area contributed by atoms with Gasteiger partial charge in [0.25, 0.3) is 0 Å². The molecule has 2 aliphatic carbocycles. The van der Waals surface area contributed by atoms with Crippen LogP contribution in [0.2, 0.25) is 36.3 Å². The van der Waals surface area contributed by atoms with Crippen molar-refractivity contribution >= 4 is 22.7 Å². The zero-order valence-electron chi connectivity index (χ0n) is 21.8. The Morgan fingerprint density at radius 2 is 1.45 bits per heavy atom. The maximum Gasteiger partial charge on any atom is 3.00 e. The van der Waals surface area contributed by atoms with Gasteiger partial charge in [-0.3, -0.25) is 6.08 Å². The van der Waals surface area contributed by atoms with Gasteiger partial charge in [-0.1, -0.05) is 59.8 Å². The van der Waals surface area contributed by atoms with Gasteiger partial charge in [-0.15, -0.1) is 6.42 Å². The van der Waals surface area contributed by atoms with Crippen molar-refractivity contribution in [1.29, 1.82) is 0 Å². The molecule has 0 spiro atoms. The van der Waals surface area contributed by atoms with E-state index in [1.54, 1.807) is 0 Å². The van der Waals surface area contributed by atoms with Crippen LogP contribution in [-0.4, -0.2) is 16.6 Å². The van der Waals surface area contributed by atoms with Gasteiger partial charge in [-0.05, 0) is 54.0 Å². The van der Waals surface area contributed by atoms with E-state index in [0.717, 1.165) is 23.3 Å². The predicted octanol–water partition coefficient (Wildman–Crippen LogP) is 2.01.